The molecular weight excluding hydrogens is 324 g/mol. The number of fused-ring (bicyclic) bond motifs is 1. The summed E-state index contributed by atoms with van der Waals surface area (Å²) in [4.78, 5) is 12.2. The fourth-order valence-electron chi connectivity index (χ4n) is 3.06. The topological polar surface area (TPSA) is 64.3 Å². The predicted octanol–water partition coefficient (Wildman–Crippen LogP) is 3.66. The Morgan fingerprint density at radius 3 is 2.58 bits per heavy atom. The second kappa shape index (κ2) is 6.00. The van der Waals surface area contributed by atoms with Crippen LogP contribution in [0, 0.1) is 0 Å². The van der Waals surface area contributed by atoms with Gasteiger partial charge < -0.3 is 9.55 Å². The number of aromatic nitrogens is 6. The lowest BCUT2D eigenvalue weighted by molar-refractivity contribution is 0.705. The van der Waals surface area contributed by atoms with E-state index in [1.165, 1.54) is 5.56 Å². The molecule has 5 aromatic rings. The van der Waals surface area contributed by atoms with Gasteiger partial charge in [-0.05, 0) is 29.8 Å². The number of hydrogen-bond acceptors (Lipinski definition) is 3. The zero-order valence-electron chi connectivity index (χ0n) is 13.9. The second-order valence-electron chi connectivity index (χ2n) is 6.13. The van der Waals surface area contributed by atoms with Gasteiger partial charge in [0.25, 0.3) is 0 Å². The number of nitrogens with zero attached hydrogens (tertiary/aromatic N) is 5. The van der Waals surface area contributed by atoms with E-state index >= 15 is 0 Å². The van der Waals surface area contributed by atoms with Crippen LogP contribution in [0.4, 0.5) is 0 Å². The van der Waals surface area contributed by atoms with E-state index in [0.29, 0.717) is 6.54 Å². The molecule has 0 aliphatic carbocycles. The van der Waals surface area contributed by atoms with E-state index in [2.05, 4.69) is 51.5 Å². The van der Waals surface area contributed by atoms with E-state index in [4.69, 9.17) is 4.98 Å². The molecule has 0 saturated carbocycles. The molecule has 1 N–H and O–H groups in total. The fourth-order valence-corrected chi connectivity index (χ4v) is 3.06. The Bertz CT molecular complexity index is 1130. The first-order chi connectivity index (χ1) is 12.9. The Labute approximate surface area is 149 Å². The maximum Gasteiger partial charge on any atom is 0.177 e. The van der Waals surface area contributed by atoms with Crippen LogP contribution in [0.25, 0.3) is 28.2 Å². The Kier molecular flexibility index (Phi) is 3.38. The molecular formula is C20H16N6. The average Bonchev–Trinajstić information content (AvgIpc) is 3.42. The van der Waals surface area contributed by atoms with Crippen molar-refractivity contribution in [3.8, 4) is 17.1 Å². The second-order valence-corrected chi connectivity index (χ2v) is 6.13. The average molecular weight is 340 g/mol. The third-order valence-corrected chi connectivity index (χ3v) is 4.40. The van der Waals surface area contributed by atoms with Crippen LogP contribution in [0.2, 0.25) is 0 Å². The molecule has 0 spiro atoms. The molecule has 0 radical (unpaired) electrons. The highest BCUT2D eigenvalue weighted by molar-refractivity contribution is 5.76. The Balaban J connectivity index is 1.46. The quantitative estimate of drug-likeness (QED) is 0.543. The predicted molar refractivity (Wildman–Crippen MR) is 100.0 cm³/mol. The zero-order valence-corrected chi connectivity index (χ0v) is 13.9. The normalized spacial score (nSPS) is 11.2. The van der Waals surface area contributed by atoms with E-state index < -0.39 is 0 Å². The molecule has 26 heavy (non-hydrogen) atoms. The van der Waals surface area contributed by atoms with Gasteiger partial charge >= 0.3 is 0 Å². The van der Waals surface area contributed by atoms with Crippen LogP contribution in [0.1, 0.15) is 5.56 Å². The molecule has 0 unspecified atom stereocenters. The summed E-state index contributed by atoms with van der Waals surface area (Å²) in [5.41, 5.74) is 5.11. The summed E-state index contributed by atoms with van der Waals surface area (Å²) >= 11 is 0. The van der Waals surface area contributed by atoms with Crippen molar-refractivity contribution in [2.75, 3.05) is 0 Å². The third kappa shape index (κ3) is 2.57. The summed E-state index contributed by atoms with van der Waals surface area (Å²) in [6, 6.07) is 18.5. The Hall–Kier alpha value is -3.67. The fraction of sp³-hybridized carbons (Fsp3) is 0.0500. The summed E-state index contributed by atoms with van der Waals surface area (Å²) in [6.45, 7) is 0.703. The molecule has 3 heterocycles. The van der Waals surface area contributed by atoms with Gasteiger partial charge in [-0.3, -0.25) is 0 Å². The van der Waals surface area contributed by atoms with Crippen LogP contribution in [0.15, 0.2) is 79.5 Å². The maximum absolute atomic E-state index is 4.76. The lowest BCUT2D eigenvalue weighted by atomic mass is 10.2. The molecule has 0 atom stereocenters. The van der Waals surface area contributed by atoms with Crippen molar-refractivity contribution in [3.05, 3.63) is 85.1 Å². The Morgan fingerprint density at radius 1 is 0.962 bits per heavy atom. The lowest BCUT2D eigenvalue weighted by Gasteiger charge is -2.03. The van der Waals surface area contributed by atoms with E-state index in [1.807, 2.05) is 39.8 Å². The molecule has 0 aliphatic rings. The molecule has 0 bridgehead atoms. The van der Waals surface area contributed by atoms with Crippen molar-refractivity contribution in [1.82, 2.24) is 29.3 Å². The highest BCUT2D eigenvalue weighted by Crippen LogP contribution is 2.22. The minimum Gasteiger partial charge on any atom is -0.335 e. The summed E-state index contributed by atoms with van der Waals surface area (Å²) in [5, 5.41) is 4.45. The number of aromatic amines is 1. The van der Waals surface area contributed by atoms with Gasteiger partial charge in [0.05, 0.1) is 19.1 Å². The van der Waals surface area contributed by atoms with Gasteiger partial charge in [-0.15, -0.1) is 0 Å². The lowest BCUT2D eigenvalue weighted by Crippen LogP contribution is -2.01. The number of rotatable bonds is 4. The molecule has 3 aromatic heterocycles. The highest BCUT2D eigenvalue weighted by atomic mass is 15.3. The monoisotopic (exact) mass is 340 g/mol. The summed E-state index contributed by atoms with van der Waals surface area (Å²) in [6.07, 6.45) is 7.31. The van der Waals surface area contributed by atoms with Gasteiger partial charge in [0.2, 0.25) is 0 Å². The first-order valence-electron chi connectivity index (χ1n) is 8.41. The standard InChI is InChI=1S/C20H16N6/c1-2-4-15(5-3-1)13-26-20-18(12-22-26)23-19(24-20)16-6-8-17(9-7-16)25-11-10-21-14-25/h1-12,14H,13H2,(H,23,24). The molecule has 0 saturated heterocycles. The van der Waals surface area contributed by atoms with Crippen molar-refractivity contribution >= 4 is 11.2 Å². The van der Waals surface area contributed by atoms with Gasteiger partial charge in [0, 0.05) is 23.6 Å². The van der Waals surface area contributed by atoms with Crippen LogP contribution >= 0.6 is 0 Å². The number of hydrogen-bond donors (Lipinski definition) is 1. The van der Waals surface area contributed by atoms with E-state index in [-0.39, 0.29) is 0 Å². The molecule has 2 aromatic carbocycles. The summed E-state index contributed by atoms with van der Waals surface area (Å²) in [7, 11) is 0. The summed E-state index contributed by atoms with van der Waals surface area (Å²) < 4.78 is 3.89. The van der Waals surface area contributed by atoms with E-state index in [0.717, 1.165) is 28.2 Å². The number of benzene rings is 2. The smallest absolute Gasteiger partial charge is 0.177 e. The van der Waals surface area contributed by atoms with Gasteiger partial charge in [-0.1, -0.05) is 30.3 Å². The third-order valence-electron chi connectivity index (χ3n) is 4.40. The molecule has 0 fully saturated rings. The van der Waals surface area contributed by atoms with E-state index in [1.54, 1.807) is 12.5 Å². The van der Waals surface area contributed by atoms with Crippen molar-refractivity contribution in [3.63, 3.8) is 0 Å². The van der Waals surface area contributed by atoms with Gasteiger partial charge in [-0.2, -0.15) is 5.10 Å². The number of imidazole rings is 2. The zero-order chi connectivity index (χ0) is 17.3. The minimum absolute atomic E-state index is 0.703. The van der Waals surface area contributed by atoms with Crippen molar-refractivity contribution in [1.29, 1.82) is 0 Å². The molecule has 126 valence electrons. The number of H-pyrrole nitrogens is 1. The first kappa shape index (κ1) is 14.7. The summed E-state index contributed by atoms with van der Waals surface area (Å²) in [5.74, 6) is 0.844. The van der Waals surface area contributed by atoms with Crippen LogP contribution < -0.4 is 0 Å². The van der Waals surface area contributed by atoms with Crippen molar-refractivity contribution in [2.45, 2.75) is 6.54 Å². The molecule has 0 aliphatic heterocycles. The maximum atomic E-state index is 4.76. The SMILES string of the molecule is c1ccc(Cn2ncc3[nH]c(-c4ccc(-n5ccnc5)cc4)nc32)cc1. The highest BCUT2D eigenvalue weighted by Gasteiger charge is 2.11. The Morgan fingerprint density at radius 2 is 1.81 bits per heavy atom. The van der Waals surface area contributed by atoms with Crippen LogP contribution in [-0.4, -0.2) is 29.3 Å². The number of nitrogens with one attached hydrogen (secondary N) is 1. The van der Waals surface area contributed by atoms with Crippen molar-refractivity contribution in [2.24, 2.45) is 0 Å². The van der Waals surface area contributed by atoms with Crippen LogP contribution in [0.3, 0.4) is 0 Å². The van der Waals surface area contributed by atoms with Gasteiger partial charge in [-0.25, -0.2) is 14.6 Å². The van der Waals surface area contributed by atoms with Crippen LogP contribution in [0.5, 0.6) is 0 Å². The molecule has 6 heteroatoms. The van der Waals surface area contributed by atoms with Crippen molar-refractivity contribution < 1.29 is 0 Å². The molecule has 6 nitrogen and oxygen atoms in total. The van der Waals surface area contributed by atoms with Crippen LogP contribution in [-0.2, 0) is 6.54 Å². The van der Waals surface area contributed by atoms with Gasteiger partial charge in [0.1, 0.15) is 11.3 Å². The first-order valence-corrected chi connectivity index (χ1v) is 8.41. The molecule has 0 amide bonds. The van der Waals surface area contributed by atoms with E-state index in [9.17, 15) is 0 Å². The minimum atomic E-state index is 0.703. The van der Waals surface area contributed by atoms with Gasteiger partial charge in [0.15, 0.2) is 5.65 Å². The molecule has 5 rings (SSSR count). The largest absolute Gasteiger partial charge is 0.335 e.